The first-order valence-corrected chi connectivity index (χ1v) is 6.88. The smallest absolute Gasteiger partial charge is 0.131 e. The first-order valence-electron chi connectivity index (χ1n) is 6.88. The maximum atomic E-state index is 14.3. The van der Waals surface area contributed by atoms with Gasteiger partial charge in [0.15, 0.2) is 0 Å². The van der Waals surface area contributed by atoms with Crippen molar-refractivity contribution >= 4 is 0 Å². The number of hydrogen-bond donors (Lipinski definition) is 1. The molecule has 1 nitrogen and oxygen atoms in total. The van der Waals surface area contributed by atoms with Gasteiger partial charge in [-0.1, -0.05) is 43.3 Å². The van der Waals surface area contributed by atoms with Crippen molar-refractivity contribution in [1.29, 1.82) is 0 Å². The molecule has 0 saturated carbocycles. The highest BCUT2D eigenvalue weighted by Crippen LogP contribution is 2.27. The van der Waals surface area contributed by atoms with Gasteiger partial charge < -0.3 is 5.32 Å². The molecule has 0 amide bonds. The van der Waals surface area contributed by atoms with Gasteiger partial charge in [0.05, 0.1) is 6.04 Å². The molecule has 0 radical (unpaired) electrons. The summed E-state index contributed by atoms with van der Waals surface area (Å²) in [6.07, 6.45) is 0.901. The van der Waals surface area contributed by atoms with Crippen LogP contribution in [-0.2, 0) is 0 Å². The van der Waals surface area contributed by atoms with Gasteiger partial charge in [-0.25, -0.2) is 8.78 Å². The Balaban J connectivity index is 2.47. The van der Waals surface area contributed by atoms with E-state index in [0.29, 0.717) is 23.2 Å². The molecule has 1 N–H and O–H groups in total. The summed E-state index contributed by atoms with van der Waals surface area (Å²) >= 11 is 0. The van der Waals surface area contributed by atoms with Gasteiger partial charge in [-0.3, -0.25) is 0 Å². The van der Waals surface area contributed by atoms with Crippen LogP contribution in [0.3, 0.4) is 0 Å². The van der Waals surface area contributed by atoms with E-state index in [4.69, 9.17) is 0 Å². The zero-order valence-electron chi connectivity index (χ0n) is 11.8. The zero-order valence-corrected chi connectivity index (χ0v) is 11.8. The van der Waals surface area contributed by atoms with Gasteiger partial charge >= 0.3 is 0 Å². The summed E-state index contributed by atoms with van der Waals surface area (Å²) in [7, 11) is 0. The van der Waals surface area contributed by atoms with Crippen molar-refractivity contribution in [3.05, 3.63) is 70.8 Å². The Labute approximate surface area is 118 Å². The van der Waals surface area contributed by atoms with Gasteiger partial charge in [-0.15, -0.1) is 0 Å². The van der Waals surface area contributed by atoms with Crippen LogP contribution in [0.4, 0.5) is 8.78 Å². The highest BCUT2D eigenvalue weighted by molar-refractivity contribution is 5.36. The molecule has 0 saturated heterocycles. The third kappa shape index (κ3) is 3.05. The Morgan fingerprint density at radius 1 is 1.00 bits per heavy atom. The van der Waals surface area contributed by atoms with Crippen LogP contribution in [0.15, 0.2) is 42.5 Å². The molecule has 0 fully saturated rings. The minimum atomic E-state index is -0.462. The maximum absolute atomic E-state index is 14.3. The second-order valence-corrected chi connectivity index (χ2v) is 4.89. The summed E-state index contributed by atoms with van der Waals surface area (Å²) in [6, 6.07) is 11.3. The van der Waals surface area contributed by atoms with Gasteiger partial charge in [0, 0.05) is 11.1 Å². The quantitative estimate of drug-likeness (QED) is 0.854. The van der Waals surface area contributed by atoms with Crippen LogP contribution in [0, 0.1) is 18.6 Å². The first-order chi connectivity index (χ1) is 9.65. The summed E-state index contributed by atoms with van der Waals surface area (Å²) in [4.78, 5) is 0. The number of benzene rings is 2. The Bertz CT molecular complexity index is 581. The van der Waals surface area contributed by atoms with Crippen molar-refractivity contribution in [2.45, 2.75) is 26.3 Å². The average Bonchev–Trinajstić information content (AvgIpc) is 2.45. The lowest BCUT2D eigenvalue weighted by atomic mass is 9.96. The highest BCUT2D eigenvalue weighted by Gasteiger charge is 2.20. The third-order valence-corrected chi connectivity index (χ3v) is 3.35. The van der Waals surface area contributed by atoms with Crippen LogP contribution in [-0.4, -0.2) is 6.54 Å². The number of halogens is 2. The van der Waals surface area contributed by atoms with E-state index in [2.05, 4.69) is 5.32 Å². The Hall–Kier alpha value is -1.74. The Morgan fingerprint density at radius 3 is 2.40 bits per heavy atom. The molecule has 0 aliphatic heterocycles. The summed E-state index contributed by atoms with van der Waals surface area (Å²) in [6.45, 7) is 4.45. The lowest BCUT2D eigenvalue weighted by molar-refractivity contribution is 0.518. The fourth-order valence-corrected chi connectivity index (χ4v) is 2.28. The summed E-state index contributed by atoms with van der Waals surface area (Å²) < 4.78 is 28.4. The van der Waals surface area contributed by atoms with E-state index < -0.39 is 6.04 Å². The standard InChI is InChI=1S/C17H19F2N/c1-3-11-20-17(13-8-4-5-10-15(13)18)14-9-6-7-12(2)16(14)19/h4-10,17,20H,3,11H2,1-2H3. The van der Waals surface area contributed by atoms with Gasteiger partial charge in [0.25, 0.3) is 0 Å². The van der Waals surface area contributed by atoms with Crippen molar-refractivity contribution in [3.8, 4) is 0 Å². The molecule has 2 rings (SSSR count). The number of nitrogens with one attached hydrogen (secondary N) is 1. The van der Waals surface area contributed by atoms with Crippen molar-refractivity contribution in [1.82, 2.24) is 5.32 Å². The van der Waals surface area contributed by atoms with Crippen molar-refractivity contribution < 1.29 is 8.78 Å². The minimum absolute atomic E-state index is 0.274. The van der Waals surface area contributed by atoms with Crippen molar-refractivity contribution in [3.63, 3.8) is 0 Å². The Morgan fingerprint density at radius 2 is 1.70 bits per heavy atom. The molecule has 3 heteroatoms. The molecule has 0 aliphatic carbocycles. The molecule has 0 heterocycles. The van der Waals surface area contributed by atoms with Crippen LogP contribution < -0.4 is 5.32 Å². The van der Waals surface area contributed by atoms with E-state index >= 15 is 0 Å². The normalized spacial score (nSPS) is 12.4. The van der Waals surface area contributed by atoms with Crippen LogP contribution >= 0.6 is 0 Å². The predicted molar refractivity (Wildman–Crippen MR) is 77.7 cm³/mol. The van der Waals surface area contributed by atoms with Crippen molar-refractivity contribution in [2.75, 3.05) is 6.54 Å². The number of aryl methyl sites for hydroxylation is 1. The fourth-order valence-electron chi connectivity index (χ4n) is 2.28. The van der Waals surface area contributed by atoms with Crippen LogP contribution in [0.5, 0.6) is 0 Å². The van der Waals surface area contributed by atoms with E-state index in [0.717, 1.165) is 6.42 Å². The van der Waals surface area contributed by atoms with Gasteiger partial charge in [0.1, 0.15) is 11.6 Å². The fraction of sp³-hybridized carbons (Fsp3) is 0.294. The third-order valence-electron chi connectivity index (χ3n) is 3.35. The molecular weight excluding hydrogens is 256 g/mol. The topological polar surface area (TPSA) is 12.0 Å². The SMILES string of the molecule is CCCNC(c1ccccc1F)c1cccc(C)c1F. The molecule has 0 aliphatic rings. The molecule has 20 heavy (non-hydrogen) atoms. The van der Waals surface area contributed by atoms with Gasteiger partial charge in [-0.2, -0.15) is 0 Å². The van der Waals surface area contributed by atoms with Crippen LogP contribution in [0.25, 0.3) is 0 Å². The molecule has 1 unspecified atom stereocenters. The van der Waals surface area contributed by atoms with Gasteiger partial charge in [0.2, 0.25) is 0 Å². The molecule has 106 valence electrons. The predicted octanol–water partition coefficient (Wildman–Crippen LogP) is 4.36. The van der Waals surface area contributed by atoms with E-state index in [1.807, 2.05) is 6.92 Å². The molecule has 2 aromatic rings. The Kier molecular flexibility index (Phi) is 4.85. The molecule has 0 spiro atoms. The minimum Gasteiger partial charge on any atom is -0.306 e. The van der Waals surface area contributed by atoms with E-state index in [-0.39, 0.29) is 11.6 Å². The van der Waals surface area contributed by atoms with E-state index in [9.17, 15) is 8.78 Å². The summed E-state index contributed by atoms with van der Waals surface area (Å²) in [5.74, 6) is -0.591. The van der Waals surface area contributed by atoms with E-state index in [1.54, 1.807) is 43.3 Å². The first kappa shape index (κ1) is 14.7. The van der Waals surface area contributed by atoms with Crippen LogP contribution in [0.1, 0.15) is 36.1 Å². The molecule has 2 aromatic carbocycles. The van der Waals surface area contributed by atoms with E-state index in [1.165, 1.54) is 6.07 Å². The monoisotopic (exact) mass is 275 g/mol. The second kappa shape index (κ2) is 6.62. The van der Waals surface area contributed by atoms with Gasteiger partial charge in [-0.05, 0) is 31.5 Å². The summed E-state index contributed by atoms with van der Waals surface area (Å²) in [5, 5.41) is 3.23. The zero-order chi connectivity index (χ0) is 14.5. The molecule has 1 atom stereocenters. The number of hydrogen-bond acceptors (Lipinski definition) is 1. The lowest BCUT2D eigenvalue weighted by Crippen LogP contribution is -2.25. The van der Waals surface area contributed by atoms with Crippen LogP contribution in [0.2, 0.25) is 0 Å². The lowest BCUT2D eigenvalue weighted by Gasteiger charge is -2.21. The highest BCUT2D eigenvalue weighted by atomic mass is 19.1. The largest absolute Gasteiger partial charge is 0.306 e. The second-order valence-electron chi connectivity index (χ2n) is 4.89. The molecule has 0 bridgehead atoms. The molecular formula is C17H19F2N. The average molecular weight is 275 g/mol. The number of rotatable bonds is 5. The maximum Gasteiger partial charge on any atom is 0.131 e. The van der Waals surface area contributed by atoms with Crippen molar-refractivity contribution in [2.24, 2.45) is 0 Å². The summed E-state index contributed by atoms with van der Waals surface area (Å²) in [5.41, 5.74) is 1.54. The molecule has 0 aromatic heterocycles.